The van der Waals surface area contributed by atoms with Crippen molar-refractivity contribution >= 4 is 44.2 Å². The maximum atomic E-state index is 11.6. The number of carbonyl (C=O) groups excluding carboxylic acids is 2. The highest BCUT2D eigenvalue weighted by Gasteiger charge is 2.10. The molecular formula is C14H17N3O2S. The Morgan fingerprint density at radius 3 is 2.70 bits per heavy atom. The summed E-state index contributed by atoms with van der Waals surface area (Å²) in [4.78, 5) is 27.1. The molecule has 1 aromatic heterocycles. The van der Waals surface area contributed by atoms with Crippen LogP contribution in [0.25, 0.3) is 10.2 Å². The van der Waals surface area contributed by atoms with E-state index in [1.54, 1.807) is 0 Å². The van der Waals surface area contributed by atoms with E-state index in [2.05, 4.69) is 15.6 Å². The lowest BCUT2D eigenvalue weighted by Gasteiger charge is -2.05. The van der Waals surface area contributed by atoms with Crippen LogP contribution in [0, 0.1) is 6.92 Å². The van der Waals surface area contributed by atoms with Crippen LogP contribution >= 0.6 is 11.3 Å². The summed E-state index contributed by atoms with van der Waals surface area (Å²) in [7, 11) is 0. The maximum absolute atomic E-state index is 11.6. The zero-order chi connectivity index (χ0) is 14.7. The van der Waals surface area contributed by atoms with E-state index in [1.807, 2.05) is 26.0 Å². The summed E-state index contributed by atoms with van der Waals surface area (Å²) in [6.07, 6.45) is 1.33. The molecule has 2 N–H and O–H groups in total. The van der Waals surface area contributed by atoms with Gasteiger partial charge in [-0.1, -0.05) is 18.3 Å². The molecule has 2 amide bonds. The van der Waals surface area contributed by atoms with Crippen LogP contribution in [-0.2, 0) is 9.59 Å². The van der Waals surface area contributed by atoms with E-state index in [-0.39, 0.29) is 11.8 Å². The summed E-state index contributed by atoms with van der Waals surface area (Å²) < 4.78 is 0.945. The zero-order valence-corrected chi connectivity index (χ0v) is 12.6. The minimum atomic E-state index is -0.141. The normalized spacial score (nSPS) is 10.6. The van der Waals surface area contributed by atoms with Gasteiger partial charge in [-0.3, -0.25) is 9.59 Å². The molecule has 0 aliphatic rings. The van der Waals surface area contributed by atoms with E-state index in [1.165, 1.54) is 18.3 Å². The van der Waals surface area contributed by atoms with E-state index >= 15 is 0 Å². The van der Waals surface area contributed by atoms with Gasteiger partial charge >= 0.3 is 0 Å². The second-order valence-electron chi connectivity index (χ2n) is 4.64. The monoisotopic (exact) mass is 291 g/mol. The molecule has 0 atom stereocenters. The molecule has 0 spiro atoms. The fourth-order valence-corrected chi connectivity index (χ4v) is 2.95. The SMILES string of the molecule is CCCC(=O)Nc1cc(C)c2nc(NC(C)=O)sc2c1. The Labute approximate surface area is 121 Å². The van der Waals surface area contributed by atoms with Crippen LogP contribution in [0.3, 0.4) is 0 Å². The lowest BCUT2D eigenvalue weighted by molar-refractivity contribution is -0.116. The quantitative estimate of drug-likeness (QED) is 0.908. The number of hydrogen-bond donors (Lipinski definition) is 2. The first-order valence-electron chi connectivity index (χ1n) is 6.48. The van der Waals surface area contributed by atoms with Gasteiger partial charge in [-0.15, -0.1) is 0 Å². The largest absolute Gasteiger partial charge is 0.326 e. The van der Waals surface area contributed by atoms with Crippen molar-refractivity contribution in [1.29, 1.82) is 0 Å². The molecule has 6 heteroatoms. The van der Waals surface area contributed by atoms with Gasteiger partial charge in [0, 0.05) is 19.0 Å². The van der Waals surface area contributed by atoms with Gasteiger partial charge in [0.2, 0.25) is 11.8 Å². The fourth-order valence-electron chi connectivity index (χ4n) is 1.92. The van der Waals surface area contributed by atoms with Crippen LogP contribution in [0.1, 0.15) is 32.3 Å². The second-order valence-corrected chi connectivity index (χ2v) is 5.67. The van der Waals surface area contributed by atoms with Crippen molar-refractivity contribution in [3.05, 3.63) is 17.7 Å². The smallest absolute Gasteiger partial charge is 0.224 e. The highest BCUT2D eigenvalue weighted by atomic mass is 32.1. The summed E-state index contributed by atoms with van der Waals surface area (Å²) in [5, 5.41) is 6.14. The van der Waals surface area contributed by atoms with E-state index in [0.717, 1.165) is 27.9 Å². The van der Waals surface area contributed by atoms with Crippen molar-refractivity contribution in [2.75, 3.05) is 10.6 Å². The van der Waals surface area contributed by atoms with Crippen molar-refractivity contribution in [3.8, 4) is 0 Å². The van der Waals surface area contributed by atoms with Crippen molar-refractivity contribution in [3.63, 3.8) is 0 Å². The van der Waals surface area contributed by atoms with Gasteiger partial charge in [-0.2, -0.15) is 0 Å². The third kappa shape index (κ3) is 3.33. The molecule has 1 aromatic carbocycles. The van der Waals surface area contributed by atoms with Crippen molar-refractivity contribution in [2.45, 2.75) is 33.6 Å². The molecule has 20 heavy (non-hydrogen) atoms. The summed E-state index contributed by atoms with van der Waals surface area (Å²) in [6.45, 7) is 5.36. The minimum Gasteiger partial charge on any atom is -0.326 e. The topological polar surface area (TPSA) is 71.1 Å². The molecule has 0 unspecified atom stereocenters. The summed E-state index contributed by atoms with van der Waals surface area (Å²) in [6, 6.07) is 3.78. The molecule has 0 bridgehead atoms. The molecule has 0 fully saturated rings. The summed E-state index contributed by atoms with van der Waals surface area (Å²) >= 11 is 1.40. The van der Waals surface area contributed by atoms with Gasteiger partial charge in [0.15, 0.2) is 5.13 Å². The van der Waals surface area contributed by atoms with Gasteiger partial charge < -0.3 is 10.6 Å². The number of carbonyl (C=O) groups is 2. The number of hydrogen-bond acceptors (Lipinski definition) is 4. The highest BCUT2D eigenvalue weighted by molar-refractivity contribution is 7.22. The van der Waals surface area contributed by atoms with Crippen LogP contribution in [0.15, 0.2) is 12.1 Å². The molecule has 106 valence electrons. The average Bonchev–Trinajstić information content (AvgIpc) is 2.71. The number of nitrogens with zero attached hydrogens (tertiary/aromatic N) is 1. The average molecular weight is 291 g/mol. The summed E-state index contributed by atoms with van der Waals surface area (Å²) in [5.74, 6) is -0.129. The molecule has 0 aliphatic heterocycles. The molecule has 2 rings (SSSR count). The van der Waals surface area contributed by atoms with Crippen molar-refractivity contribution in [1.82, 2.24) is 4.98 Å². The van der Waals surface area contributed by atoms with Gasteiger partial charge in [-0.25, -0.2) is 4.98 Å². The molecule has 2 aromatic rings. The van der Waals surface area contributed by atoms with E-state index < -0.39 is 0 Å². The van der Waals surface area contributed by atoms with Gasteiger partial charge in [0.25, 0.3) is 0 Å². The Bertz CT molecular complexity index is 664. The van der Waals surface area contributed by atoms with Gasteiger partial charge in [0.05, 0.1) is 10.2 Å². The van der Waals surface area contributed by atoms with E-state index in [0.29, 0.717) is 11.6 Å². The number of nitrogens with one attached hydrogen (secondary N) is 2. The molecule has 0 saturated heterocycles. The standard InChI is InChI=1S/C14H17N3O2S/c1-4-5-12(19)16-10-6-8(2)13-11(7-10)20-14(17-13)15-9(3)18/h6-7H,4-5H2,1-3H3,(H,16,19)(H,15,17,18). The Morgan fingerprint density at radius 1 is 1.30 bits per heavy atom. The number of aryl methyl sites for hydroxylation is 1. The number of rotatable bonds is 4. The van der Waals surface area contributed by atoms with Crippen LogP contribution in [0.5, 0.6) is 0 Å². The Balaban J connectivity index is 2.31. The first-order valence-corrected chi connectivity index (χ1v) is 7.30. The third-order valence-electron chi connectivity index (χ3n) is 2.73. The number of benzene rings is 1. The fraction of sp³-hybridized carbons (Fsp3) is 0.357. The lowest BCUT2D eigenvalue weighted by Crippen LogP contribution is -2.10. The zero-order valence-electron chi connectivity index (χ0n) is 11.7. The first-order chi connectivity index (χ1) is 9.49. The number of thiazole rings is 1. The Kier molecular flexibility index (Phi) is 4.34. The first kappa shape index (κ1) is 14.5. The number of aromatic nitrogens is 1. The van der Waals surface area contributed by atoms with Crippen LogP contribution in [0.4, 0.5) is 10.8 Å². The Morgan fingerprint density at radius 2 is 2.05 bits per heavy atom. The van der Waals surface area contributed by atoms with Gasteiger partial charge in [-0.05, 0) is 31.0 Å². The molecule has 0 saturated carbocycles. The molecule has 0 aliphatic carbocycles. The van der Waals surface area contributed by atoms with Crippen molar-refractivity contribution < 1.29 is 9.59 Å². The predicted molar refractivity (Wildman–Crippen MR) is 82.2 cm³/mol. The minimum absolute atomic E-state index is 0.0119. The summed E-state index contributed by atoms with van der Waals surface area (Å²) in [5.41, 5.74) is 2.60. The number of fused-ring (bicyclic) bond motifs is 1. The van der Waals surface area contributed by atoms with Crippen LogP contribution in [-0.4, -0.2) is 16.8 Å². The predicted octanol–water partition coefficient (Wildman–Crippen LogP) is 3.30. The molecule has 0 radical (unpaired) electrons. The number of amides is 2. The van der Waals surface area contributed by atoms with Crippen molar-refractivity contribution in [2.24, 2.45) is 0 Å². The maximum Gasteiger partial charge on any atom is 0.224 e. The number of anilines is 2. The van der Waals surface area contributed by atoms with Crippen LogP contribution in [0.2, 0.25) is 0 Å². The van der Waals surface area contributed by atoms with E-state index in [4.69, 9.17) is 0 Å². The highest BCUT2D eigenvalue weighted by Crippen LogP contribution is 2.31. The molecule has 5 nitrogen and oxygen atoms in total. The second kappa shape index (κ2) is 6.00. The third-order valence-corrected chi connectivity index (χ3v) is 3.65. The molecule has 1 heterocycles. The van der Waals surface area contributed by atoms with Crippen LogP contribution < -0.4 is 10.6 Å². The Hall–Kier alpha value is -1.95. The van der Waals surface area contributed by atoms with Gasteiger partial charge in [0.1, 0.15) is 0 Å². The molecular weight excluding hydrogens is 274 g/mol. The lowest BCUT2D eigenvalue weighted by atomic mass is 10.2. The van der Waals surface area contributed by atoms with E-state index in [9.17, 15) is 9.59 Å².